The molecule has 1 aromatic rings. The van der Waals surface area contributed by atoms with Crippen LogP contribution in [0.1, 0.15) is 35.7 Å². The van der Waals surface area contributed by atoms with Crippen LogP contribution in [0, 0.1) is 5.92 Å². The van der Waals surface area contributed by atoms with Gasteiger partial charge >= 0.3 is 5.97 Å². The topological polar surface area (TPSA) is 66.8 Å². The maximum atomic E-state index is 12.2. The van der Waals surface area contributed by atoms with Gasteiger partial charge in [-0.15, -0.1) is 0 Å². The summed E-state index contributed by atoms with van der Waals surface area (Å²) in [5, 5.41) is 10.3. The minimum atomic E-state index is -1.67. The third-order valence-electron chi connectivity index (χ3n) is 3.98. The van der Waals surface area contributed by atoms with E-state index in [0.717, 1.165) is 18.4 Å². The van der Waals surface area contributed by atoms with Crippen molar-refractivity contribution in [2.45, 2.75) is 31.9 Å². The minimum Gasteiger partial charge on any atom is -0.463 e. The van der Waals surface area contributed by atoms with Gasteiger partial charge in [0.1, 0.15) is 0 Å². The number of β-amino-alcohol motifs (C(OH)–C–C–N with tert-alkyl or cyclic N) is 1. The van der Waals surface area contributed by atoms with E-state index in [1.54, 1.807) is 6.07 Å². The fraction of sp³-hybridized carbons (Fsp3) is 0.500. The molecule has 1 saturated carbocycles. The molecule has 2 aliphatic rings. The highest BCUT2D eigenvalue weighted by atomic mass is 16.5. The van der Waals surface area contributed by atoms with Gasteiger partial charge in [-0.1, -0.05) is 18.2 Å². The van der Waals surface area contributed by atoms with E-state index in [9.17, 15) is 14.7 Å². The molecule has 0 aromatic heterocycles. The van der Waals surface area contributed by atoms with Crippen molar-refractivity contribution in [1.82, 2.24) is 4.90 Å². The molecule has 1 amide bonds. The van der Waals surface area contributed by atoms with Gasteiger partial charge in [-0.2, -0.15) is 0 Å². The summed E-state index contributed by atoms with van der Waals surface area (Å²) in [6, 6.07) is 7.32. The molecule has 1 atom stereocenters. The van der Waals surface area contributed by atoms with Gasteiger partial charge in [-0.05, 0) is 37.3 Å². The average molecular weight is 289 g/mol. The zero-order valence-electron chi connectivity index (χ0n) is 12.0. The molecule has 5 heteroatoms. The Hall–Kier alpha value is -1.88. The molecule has 1 aromatic carbocycles. The third-order valence-corrected chi connectivity index (χ3v) is 3.98. The van der Waals surface area contributed by atoms with Crippen LogP contribution < -0.4 is 0 Å². The predicted octanol–water partition coefficient (Wildman–Crippen LogP) is 1.35. The smallest absolute Gasteiger partial charge is 0.339 e. The van der Waals surface area contributed by atoms with E-state index in [1.165, 1.54) is 11.8 Å². The van der Waals surface area contributed by atoms with Crippen molar-refractivity contribution in [1.29, 1.82) is 0 Å². The lowest BCUT2D eigenvalue weighted by Crippen LogP contribution is -2.48. The summed E-state index contributed by atoms with van der Waals surface area (Å²) in [6.45, 7) is 2.13. The van der Waals surface area contributed by atoms with Gasteiger partial charge < -0.3 is 14.7 Å². The first-order valence-electron chi connectivity index (χ1n) is 7.24. The van der Waals surface area contributed by atoms with Gasteiger partial charge in [0.2, 0.25) is 0 Å². The second kappa shape index (κ2) is 5.15. The third kappa shape index (κ3) is 2.93. The summed E-state index contributed by atoms with van der Waals surface area (Å²) in [7, 11) is 0. The van der Waals surface area contributed by atoms with Crippen molar-refractivity contribution in [3.63, 3.8) is 0 Å². The summed E-state index contributed by atoms with van der Waals surface area (Å²) >= 11 is 0. The van der Waals surface area contributed by atoms with E-state index in [4.69, 9.17) is 4.74 Å². The zero-order valence-corrected chi connectivity index (χ0v) is 12.0. The van der Waals surface area contributed by atoms with Crippen molar-refractivity contribution in [2.24, 2.45) is 5.92 Å². The van der Waals surface area contributed by atoms with Crippen molar-refractivity contribution >= 4 is 11.9 Å². The molecule has 112 valence electrons. The molecule has 0 spiro atoms. The number of carbonyl (C=O) groups excluding carboxylic acids is 2. The molecule has 0 saturated heterocycles. The van der Waals surface area contributed by atoms with Gasteiger partial charge in [-0.3, -0.25) is 4.79 Å². The second-order valence-electron chi connectivity index (χ2n) is 6.13. The van der Waals surface area contributed by atoms with E-state index < -0.39 is 11.6 Å². The van der Waals surface area contributed by atoms with Gasteiger partial charge in [0.15, 0.2) is 5.60 Å². The Labute approximate surface area is 123 Å². The highest BCUT2D eigenvalue weighted by Gasteiger charge is 2.39. The highest BCUT2D eigenvalue weighted by molar-refractivity contribution is 5.98. The highest BCUT2D eigenvalue weighted by Crippen LogP contribution is 2.29. The molecule has 0 bridgehead atoms. The van der Waals surface area contributed by atoms with Crippen LogP contribution in [0.4, 0.5) is 0 Å². The Morgan fingerprint density at radius 1 is 1.43 bits per heavy atom. The molecule has 21 heavy (non-hydrogen) atoms. The molecular weight excluding hydrogens is 270 g/mol. The van der Waals surface area contributed by atoms with Gasteiger partial charge in [-0.25, -0.2) is 4.79 Å². The minimum absolute atomic E-state index is 0.0516. The van der Waals surface area contributed by atoms with Crippen LogP contribution in [0.3, 0.4) is 0 Å². The lowest BCUT2D eigenvalue weighted by atomic mass is 10.1. The second-order valence-corrected chi connectivity index (χ2v) is 6.13. The van der Waals surface area contributed by atoms with E-state index in [1.807, 2.05) is 18.2 Å². The molecule has 1 fully saturated rings. The van der Waals surface area contributed by atoms with Crippen LogP contribution in [-0.2, 0) is 16.1 Å². The summed E-state index contributed by atoms with van der Waals surface area (Å²) in [5.41, 5.74) is -0.114. The summed E-state index contributed by atoms with van der Waals surface area (Å²) in [4.78, 5) is 25.7. The van der Waals surface area contributed by atoms with E-state index >= 15 is 0 Å². The van der Waals surface area contributed by atoms with Gasteiger partial charge in [0.25, 0.3) is 5.91 Å². The molecular formula is C16H19NO4. The van der Waals surface area contributed by atoms with Crippen molar-refractivity contribution in [3.8, 4) is 0 Å². The number of hydrogen-bond donors (Lipinski definition) is 1. The van der Waals surface area contributed by atoms with E-state index in [2.05, 4.69) is 0 Å². The predicted molar refractivity (Wildman–Crippen MR) is 75.5 cm³/mol. The van der Waals surface area contributed by atoms with Crippen LogP contribution in [0.15, 0.2) is 24.3 Å². The maximum absolute atomic E-state index is 12.2. The molecule has 3 rings (SSSR count). The lowest BCUT2D eigenvalue weighted by Gasteiger charge is -2.27. The van der Waals surface area contributed by atoms with Crippen molar-refractivity contribution in [2.75, 3.05) is 13.2 Å². The molecule has 5 nitrogen and oxygen atoms in total. The van der Waals surface area contributed by atoms with Crippen LogP contribution in [0.25, 0.3) is 0 Å². The quantitative estimate of drug-likeness (QED) is 0.831. The zero-order chi connectivity index (χ0) is 15.0. The largest absolute Gasteiger partial charge is 0.463 e. The molecule has 1 aliphatic carbocycles. The number of amides is 1. The van der Waals surface area contributed by atoms with Crippen LogP contribution in [0.2, 0.25) is 0 Å². The van der Waals surface area contributed by atoms with Crippen LogP contribution in [-0.4, -0.2) is 40.6 Å². The number of hydrogen-bond acceptors (Lipinski definition) is 4. The summed E-state index contributed by atoms with van der Waals surface area (Å²) in [6.07, 6.45) is 2.16. The van der Waals surface area contributed by atoms with Crippen molar-refractivity contribution < 1.29 is 19.4 Å². The lowest BCUT2D eigenvalue weighted by molar-refractivity contribution is -0.165. The number of esters is 1. The number of carbonyl (C=O) groups is 2. The Kier molecular flexibility index (Phi) is 3.45. The first kappa shape index (κ1) is 14.1. The Bertz CT molecular complexity index is 577. The first-order valence-corrected chi connectivity index (χ1v) is 7.24. The Balaban J connectivity index is 1.63. The first-order chi connectivity index (χ1) is 9.97. The van der Waals surface area contributed by atoms with Crippen molar-refractivity contribution in [3.05, 3.63) is 35.4 Å². The average Bonchev–Trinajstić information content (AvgIpc) is 3.23. The number of ether oxygens (including phenoxy) is 1. The fourth-order valence-corrected chi connectivity index (χ4v) is 2.51. The number of nitrogens with zero attached hydrogens (tertiary/aromatic N) is 1. The van der Waals surface area contributed by atoms with E-state index in [-0.39, 0.29) is 12.5 Å². The maximum Gasteiger partial charge on any atom is 0.339 e. The normalized spacial score (nSPS) is 20.1. The number of benzene rings is 1. The number of rotatable bonds is 5. The van der Waals surface area contributed by atoms with Crippen LogP contribution >= 0.6 is 0 Å². The number of aliphatic hydroxyl groups is 1. The molecule has 1 heterocycles. The standard InChI is InChI=1S/C16H19NO4/c1-16(20,15(19)21-9-11-6-7-11)10-17-8-12-4-2-3-5-13(12)14(17)18/h2-5,11,20H,6-10H2,1H3/t16-/m1/s1. The summed E-state index contributed by atoms with van der Waals surface area (Å²) in [5.74, 6) is -0.360. The Morgan fingerprint density at radius 2 is 2.14 bits per heavy atom. The molecule has 0 radical (unpaired) electrons. The van der Waals surface area contributed by atoms with E-state index in [0.29, 0.717) is 24.6 Å². The SMILES string of the molecule is C[C@@](O)(CN1Cc2ccccc2C1=O)C(=O)OCC1CC1. The summed E-state index contributed by atoms with van der Waals surface area (Å²) < 4.78 is 5.13. The number of fused-ring (bicyclic) bond motifs is 1. The fourth-order valence-electron chi connectivity index (χ4n) is 2.51. The molecule has 1 N–H and O–H groups in total. The molecule has 1 aliphatic heterocycles. The molecule has 0 unspecified atom stereocenters. The van der Waals surface area contributed by atoms with Gasteiger partial charge in [0, 0.05) is 12.1 Å². The van der Waals surface area contributed by atoms with Gasteiger partial charge in [0.05, 0.1) is 13.2 Å². The monoisotopic (exact) mass is 289 g/mol. The Morgan fingerprint density at radius 3 is 2.81 bits per heavy atom. The van der Waals surface area contributed by atoms with Crippen LogP contribution in [0.5, 0.6) is 0 Å².